The third-order valence-electron chi connectivity index (χ3n) is 0.557. The van der Waals surface area contributed by atoms with E-state index >= 15 is 0 Å². The van der Waals surface area contributed by atoms with E-state index in [1.165, 1.54) is 7.11 Å². The van der Waals surface area contributed by atoms with Crippen molar-refractivity contribution in [3.8, 4) is 0 Å². The maximum Gasteiger partial charge on any atom is 0.188 e. The molecule has 0 aromatic carbocycles. The Labute approximate surface area is 42.8 Å². The first kappa shape index (κ1) is 6.88. The van der Waals surface area contributed by atoms with Crippen molar-refractivity contribution in [2.75, 3.05) is 7.11 Å². The van der Waals surface area contributed by atoms with Gasteiger partial charge in [0.2, 0.25) is 0 Å². The van der Waals surface area contributed by atoms with Crippen molar-refractivity contribution >= 4 is 0 Å². The first-order valence-corrected chi connectivity index (χ1v) is 2.18. The summed E-state index contributed by atoms with van der Waals surface area (Å²) >= 11 is 0. The van der Waals surface area contributed by atoms with Crippen LogP contribution in [0.2, 0.25) is 0 Å². The predicted molar refractivity (Wildman–Crippen MR) is 24.4 cm³/mol. The van der Waals surface area contributed by atoms with Gasteiger partial charge in [-0.05, 0) is 6.42 Å². The zero-order chi connectivity index (χ0) is 5.70. The van der Waals surface area contributed by atoms with E-state index in [9.17, 15) is 0 Å². The van der Waals surface area contributed by atoms with Crippen LogP contribution in [-0.2, 0) is 9.78 Å². The first-order valence-electron chi connectivity index (χ1n) is 2.18. The number of hydrogen-bond donors (Lipinski definition) is 1. The summed E-state index contributed by atoms with van der Waals surface area (Å²) in [5.74, 6) is 0. The van der Waals surface area contributed by atoms with Gasteiger partial charge < -0.3 is 5.11 Å². The lowest BCUT2D eigenvalue weighted by atomic mass is 10.5. The standard InChI is InChI=1S/C4H10O3/c1-3-4(5)7-6-2/h4-5H,3H2,1-2H3. The van der Waals surface area contributed by atoms with Crippen LogP contribution in [0.1, 0.15) is 13.3 Å². The molecule has 0 spiro atoms. The van der Waals surface area contributed by atoms with E-state index in [-0.39, 0.29) is 0 Å². The topological polar surface area (TPSA) is 38.7 Å². The lowest BCUT2D eigenvalue weighted by Gasteiger charge is -2.02. The van der Waals surface area contributed by atoms with Gasteiger partial charge in [-0.2, -0.15) is 0 Å². The third-order valence-corrected chi connectivity index (χ3v) is 0.557. The van der Waals surface area contributed by atoms with Crippen LogP contribution in [0.25, 0.3) is 0 Å². The van der Waals surface area contributed by atoms with Crippen LogP contribution in [0.3, 0.4) is 0 Å². The average molecular weight is 106 g/mol. The molecule has 3 heteroatoms. The molecule has 44 valence electrons. The van der Waals surface area contributed by atoms with E-state index < -0.39 is 6.29 Å². The van der Waals surface area contributed by atoms with Crippen LogP contribution in [0, 0.1) is 0 Å². The highest BCUT2D eigenvalue weighted by molar-refractivity contribution is 4.25. The summed E-state index contributed by atoms with van der Waals surface area (Å²) in [6, 6.07) is 0. The zero-order valence-corrected chi connectivity index (χ0v) is 4.55. The minimum atomic E-state index is -0.773. The second kappa shape index (κ2) is 4.05. The summed E-state index contributed by atoms with van der Waals surface area (Å²) in [6.45, 7) is 1.80. The summed E-state index contributed by atoms with van der Waals surface area (Å²) in [5.41, 5.74) is 0. The van der Waals surface area contributed by atoms with Crippen molar-refractivity contribution in [2.24, 2.45) is 0 Å². The summed E-state index contributed by atoms with van der Waals surface area (Å²) in [5, 5.41) is 8.51. The van der Waals surface area contributed by atoms with E-state index in [1.807, 2.05) is 0 Å². The second-order valence-corrected chi connectivity index (χ2v) is 1.13. The van der Waals surface area contributed by atoms with Crippen LogP contribution < -0.4 is 0 Å². The predicted octanol–water partition coefficient (Wildman–Crippen LogP) is 0.293. The summed E-state index contributed by atoms with van der Waals surface area (Å²) < 4.78 is 0. The molecule has 1 unspecified atom stereocenters. The largest absolute Gasteiger partial charge is 0.366 e. The number of hydrogen-bond acceptors (Lipinski definition) is 3. The molecule has 0 fully saturated rings. The maximum absolute atomic E-state index is 8.51. The van der Waals surface area contributed by atoms with Gasteiger partial charge in [-0.3, -0.25) is 0 Å². The Balaban J connectivity index is 2.83. The Bertz CT molecular complexity index is 37.9. The Kier molecular flexibility index (Phi) is 3.98. The molecule has 0 bridgehead atoms. The Morgan fingerprint density at radius 3 is 2.43 bits per heavy atom. The second-order valence-electron chi connectivity index (χ2n) is 1.13. The normalized spacial score (nSPS) is 14.1. The Hall–Kier alpha value is -0.120. The smallest absolute Gasteiger partial charge is 0.188 e. The number of rotatable bonds is 3. The van der Waals surface area contributed by atoms with Gasteiger partial charge in [0.05, 0.1) is 7.11 Å². The van der Waals surface area contributed by atoms with Gasteiger partial charge in [-0.15, -0.1) is 0 Å². The van der Waals surface area contributed by atoms with Gasteiger partial charge in [0.25, 0.3) is 0 Å². The van der Waals surface area contributed by atoms with Gasteiger partial charge in [-0.1, -0.05) is 6.92 Å². The molecular formula is C4H10O3. The van der Waals surface area contributed by atoms with Crippen molar-refractivity contribution in [2.45, 2.75) is 19.6 Å². The van der Waals surface area contributed by atoms with Crippen LogP contribution >= 0.6 is 0 Å². The highest BCUT2D eigenvalue weighted by Gasteiger charge is 1.95. The molecule has 0 saturated heterocycles. The lowest BCUT2D eigenvalue weighted by molar-refractivity contribution is -0.353. The fourth-order valence-electron chi connectivity index (χ4n) is 0.179. The van der Waals surface area contributed by atoms with Gasteiger partial charge in [-0.25, -0.2) is 9.78 Å². The molecule has 0 aliphatic heterocycles. The van der Waals surface area contributed by atoms with Gasteiger partial charge in [0.1, 0.15) is 0 Å². The zero-order valence-electron chi connectivity index (χ0n) is 4.55. The highest BCUT2D eigenvalue weighted by atomic mass is 17.2. The van der Waals surface area contributed by atoms with Crippen molar-refractivity contribution in [3.63, 3.8) is 0 Å². The number of aliphatic hydroxyl groups is 1. The molecule has 0 radical (unpaired) electrons. The molecule has 1 atom stereocenters. The SMILES string of the molecule is CCC(O)OOC. The lowest BCUT2D eigenvalue weighted by Crippen LogP contribution is -2.08. The summed E-state index contributed by atoms with van der Waals surface area (Å²) in [6.07, 6.45) is -0.224. The van der Waals surface area contributed by atoms with E-state index in [0.29, 0.717) is 6.42 Å². The molecule has 7 heavy (non-hydrogen) atoms. The van der Waals surface area contributed by atoms with Gasteiger partial charge >= 0.3 is 0 Å². The minimum Gasteiger partial charge on any atom is -0.366 e. The van der Waals surface area contributed by atoms with E-state index in [2.05, 4.69) is 9.78 Å². The minimum absolute atomic E-state index is 0.549. The molecule has 0 aromatic rings. The molecule has 0 saturated carbocycles. The van der Waals surface area contributed by atoms with E-state index in [4.69, 9.17) is 5.11 Å². The average Bonchev–Trinajstić information content (AvgIpc) is 1.68. The molecular weight excluding hydrogens is 96.0 g/mol. The molecule has 0 amide bonds. The third kappa shape index (κ3) is 3.72. The van der Waals surface area contributed by atoms with Crippen LogP contribution in [-0.4, -0.2) is 18.5 Å². The highest BCUT2D eigenvalue weighted by Crippen LogP contribution is 1.89. The number of aliphatic hydroxyl groups excluding tert-OH is 1. The Morgan fingerprint density at radius 1 is 1.71 bits per heavy atom. The van der Waals surface area contributed by atoms with Gasteiger partial charge in [0, 0.05) is 0 Å². The van der Waals surface area contributed by atoms with Gasteiger partial charge in [0.15, 0.2) is 6.29 Å². The van der Waals surface area contributed by atoms with Crippen LogP contribution in [0.15, 0.2) is 0 Å². The summed E-state index contributed by atoms with van der Waals surface area (Å²) in [7, 11) is 1.36. The Morgan fingerprint density at radius 2 is 2.29 bits per heavy atom. The molecule has 0 aliphatic rings. The monoisotopic (exact) mass is 106 g/mol. The van der Waals surface area contributed by atoms with Crippen molar-refractivity contribution < 1.29 is 14.9 Å². The summed E-state index contributed by atoms with van der Waals surface area (Å²) in [4.78, 5) is 8.39. The molecule has 0 heterocycles. The molecule has 0 rings (SSSR count). The van der Waals surface area contributed by atoms with Crippen molar-refractivity contribution in [1.82, 2.24) is 0 Å². The van der Waals surface area contributed by atoms with Crippen molar-refractivity contribution in [3.05, 3.63) is 0 Å². The fourth-order valence-corrected chi connectivity index (χ4v) is 0.179. The molecule has 3 nitrogen and oxygen atoms in total. The molecule has 0 aliphatic carbocycles. The van der Waals surface area contributed by atoms with E-state index in [0.717, 1.165) is 0 Å². The molecule has 0 aromatic heterocycles. The van der Waals surface area contributed by atoms with Crippen molar-refractivity contribution in [1.29, 1.82) is 0 Å². The maximum atomic E-state index is 8.51. The fraction of sp³-hybridized carbons (Fsp3) is 1.00. The first-order chi connectivity index (χ1) is 3.31. The van der Waals surface area contributed by atoms with E-state index in [1.54, 1.807) is 6.92 Å². The van der Waals surface area contributed by atoms with Crippen LogP contribution in [0.4, 0.5) is 0 Å². The molecule has 1 N–H and O–H groups in total. The quantitative estimate of drug-likeness (QED) is 0.319. The van der Waals surface area contributed by atoms with Crippen LogP contribution in [0.5, 0.6) is 0 Å².